The van der Waals surface area contributed by atoms with E-state index in [1.54, 1.807) is 6.26 Å². The normalized spacial score (nSPS) is 24.5. The van der Waals surface area contributed by atoms with Crippen molar-refractivity contribution in [2.24, 2.45) is 11.3 Å². The second-order valence-corrected chi connectivity index (χ2v) is 7.14. The van der Waals surface area contributed by atoms with Gasteiger partial charge >= 0.3 is 0 Å². The summed E-state index contributed by atoms with van der Waals surface area (Å²) in [7, 11) is 0. The molecule has 4 rings (SSSR count). The molecular formula is C20H22N2O3. The molecule has 1 aromatic heterocycles. The van der Waals surface area contributed by atoms with Gasteiger partial charge in [-0.25, -0.2) is 0 Å². The molecule has 25 heavy (non-hydrogen) atoms. The van der Waals surface area contributed by atoms with E-state index in [4.69, 9.17) is 4.42 Å². The second-order valence-electron chi connectivity index (χ2n) is 7.14. The summed E-state index contributed by atoms with van der Waals surface area (Å²) in [5.41, 5.74) is 1.04. The minimum atomic E-state index is -0.000402. The molecule has 1 saturated heterocycles. The van der Waals surface area contributed by atoms with Crippen molar-refractivity contribution in [1.29, 1.82) is 0 Å². The molecule has 0 bridgehead atoms. The first-order valence-electron chi connectivity index (χ1n) is 8.78. The number of likely N-dealkylation sites (tertiary alicyclic amines) is 1. The van der Waals surface area contributed by atoms with Crippen molar-refractivity contribution in [3.63, 3.8) is 0 Å². The van der Waals surface area contributed by atoms with Gasteiger partial charge in [0, 0.05) is 24.4 Å². The molecule has 1 spiro atoms. The molecule has 1 N–H and O–H groups in total. The maximum Gasteiger partial charge on any atom is 0.227 e. The number of carbonyl (C=O) groups is 2. The van der Waals surface area contributed by atoms with Crippen LogP contribution in [0.25, 0.3) is 0 Å². The average molecular weight is 338 g/mol. The number of nitrogens with one attached hydrogen (secondary N) is 1. The molecule has 2 aromatic rings. The SMILES string of the molecule is O=C(NCc1ccco1)C1CC12CCN(C(=O)Cc1ccccc1)C2. The highest BCUT2D eigenvalue weighted by Crippen LogP contribution is 2.58. The molecule has 1 aromatic carbocycles. The first-order valence-corrected chi connectivity index (χ1v) is 8.78. The fraction of sp³-hybridized carbons (Fsp3) is 0.400. The summed E-state index contributed by atoms with van der Waals surface area (Å²) in [6, 6.07) is 13.5. The van der Waals surface area contributed by atoms with Crippen LogP contribution in [0, 0.1) is 11.3 Å². The van der Waals surface area contributed by atoms with Gasteiger partial charge in [0.1, 0.15) is 5.76 Å². The molecule has 0 radical (unpaired) electrons. The number of benzene rings is 1. The van der Waals surface area contributed by atoms with Crippen LogP contribution < -0.4 is 5.32 Å². The van der Waals surface area contributed by atoms with Gasteiger partial charge in [0.15, 0.2) is 0 Å². The zero-order valence-electron chi connectivity index (χ0n) is 14.1. The van der Waals surface area contributed by atoms with E-state index in [0.717, 1.165) is 30.7 Å². The molecule has 2 fully saturated rings. The quantitative estimate of drug-likeness (QED) is 0.910. The van der Waals surface area contributed by atoms with Crippen LogP contribution in [0.4, 0.5) is 0 Å². The molecule has 2 aliphatic rings. The summed E-state index contributed by atoms with van der Waals surface area (Å²) in [6.07, 6.45) is 3.85. The molecule has 2 atom stereocenters. The third-order valence-electron chi connectivity index (χ3n) is 5.46. The molecule has 2 amide bonds. The van der Waals surface area contributed by atoms with Crippen molar-refractivity contribution in [2.75, 3.05) is 13.1 Å². The van der Waals surface area contributed by atoms with Crippen molar-refractivity contribution in [2.45, 2.75) is 25.8 Å². The van der Waals surface area contributed by atoms with Crippen LogP contribution in [0.3, 0.4) is 0 Å². The minimum absolute atomic E-state index is 0.000402. The lowest BCUT2D eigenvalue weighted by Gasteiger charge is -2.17. The molecule has 130 valence electrons. The van der Waals surface area contributed by atoms with Crippen LogP contribution >= 0.6 is 0 Å². The Labute approximate surface area is 147 Å². The van der Waals surface area contributed by atoms with E-state index in [1.165, 1.54) is 0 Å². The van der Waals surface area contributed by atoms with Crippen LogP contribution in [0.1, 0.15) is 24.2 Å². The van der Waals surface area contributed by atoms with Gasteiger partial charge in [-0.3, -0.25) is 9.59 Å². The third kappa shape index (κ3) is 3.31. The highest BCUT2D eigenvalue weighted by atomic mass is 16.3. The fourth-order valence-electron chi connectivity index (χ4n) is 3.87. The first-order chi connectivity index (χ1) is 12.2. The lowest BCUT2D eigenvalue weighted by Crippen LogP contribution is -2.32. The molecule has 1 aliphatic carbocycles. The summed E-state index contributed by atoms with van der Waals surface area (Å²) in [4.78, 5) is 26.8. The molecule has 1 aliphatic heterocycles. The van der Waals surface area contributed by atoms with E-state index >= 15 is 0 Å². The average Bonchev–Trinajstić information content (AvgIpc) is 2.97. The molecular weight excluding hydrogens is 316 g/mol. The van der Waals surface area contributed by atoms with Crippen LogP contribution in [-0.2, 0) is 22.6 Å². The largest absolute Gasteiger partial charge is 0.467 e. The Morgan fingerprint density at radius 2 is 2.04 bits per heavy atom. The number of carbonyl (C=O) groups excluding carboxylic acids is 2. The number of hydrogen-bond donors (Lipinski definition) is 1. The van der Waals surface area contributed by atoms with Crippen LogP contribution in [-0.4, -0.2) is 29.8 Å². The Morgan fingerprint density at radius 3 is 2.80 bits per heavy atom. The van der Waals surface area contributed by atoms with Gasteiger partial charge in [-0.2, -0.15) is 0 Å². The van der Waals surface area contributed by atoms with Crippen LogP contribution in [0.2, 0.25) is 0 Å². The number of rotatable bonds is 5. The molecule has 2 heterocycles. The smallest absolute Gasteiger partial charge is 0.227 e. The van der Waals surface area contributed by atoms with Crippen molar-refractivity contribution in [3.8, 4) is 0 Å². The number of furan rings is 1. The molecule has 5 nitrogen and oxygen atoms in total. The zero-order chi connectivity index (χ0) is 17.3. The highest BCUT2D eigenvalue weighted by Gasteiger charge is 2.61. The maximum absolute atomic E-state index is 12.5. The van der Waals surface area contributed by atoms with Gasteiger partial charge in [0.25, 0.3) is 0 Å². The van der Waals surface area contributed by atoms with Crippen molar-refractivity contribution >= 4 is 11.8 Å². The van der Waals surface area contributed by atoms with E-state index in [0.29, 0.717) is 19.5 Å². The standard InChI is InChI=1S/C20H22N2O3/c23-18(11-15-5-2-1-3-6-15)22-9-8-20(14-22)12-17(20)19(24)21-13-16-7-4-10-25-16/h1-7,10,17H,8-9,11-14H2,(H,21,24). The summed E-state index contributed by atoms with van der Waals surface area (Å²) < 4.78 is 5.24. The van der Waals surface area contributed by atoms with Gasteiger partial charge in [0.2, 0.25) is 11.8 Å². The third-order valence-corrected chi connectivity index (χ3v) is 5.46. The van der Waals surface area contributed by atoms with E-state index in [-0.39, 0.29) is 23.1 Å². The Bertz CT molecular complexity index is 757. The Kier molecular flexibility index (Phi) is 4.07. The molecule has 1 saturated carbocycles. The molecule has 5 heteroatoms. The van der Waals surface area contributed by atoms with Crippen LogP contribution in [0.5, 0.6) is 0 Å². The predicted molar refractivity (Wildman–Crippen MR) is 92.4 cm³/mol. The Morgan fingerprint density at radius 1 is 1.20 bits per heavy atom. The van der Waals surface area contributed by atoms with Gasteiger partial charge in [-0.05, 0) is 30.5 Å². The summed E-state index contributed by atoms with van der Waals surface area (Å²) in [6.45, 7) is 1.89. The van der Waals surface area contributed by atoms with Crippen LogP contribution in [0.15, 0.2) is 53.1 Å². The fourth-order valence-corrected chi connectivity index (χ4v) is 3.87. The number of amides is 2. The summed E-state index contributed by atoms with van der Waals surface area (Å²) in [5, 5.41) is 2.95. The van der Waals surface area contributed by atoms with E-state index < -0.39 is 0 Å². The van der Waals surface area contributed by atoms with Gasteiger partial charge in [0.05, 0.1) is 19.2 Å². The van der Waals surface area contributed by atoms with Gasteiger partial charge < -0.3 is 14.6 Å². The lowest BCUT2D eigenvalue weighted by atomic mass is 10.0. The minimum Gasteiger partial charge on any atom is -0.467 e. The lowest BCUT2D eigenvalue weighted by molar-refractivity contribution is -0.130. The second kappa shape index (κ2) is 6.39. The number of nitrogens with zero attached hydrogens (tertiary/aromatic N) is 1. The van der Waals surface area contributed by atoms with Gasteiger partial charge in [-0.1, -0.05) is 30.3 Å². The highest BCUT2D eigenvalue weighted by molar-refractivity contribution is 5.84. The monoisotopic (exact) mass is 338 g/mol. The Hall–Kier alpha value is -2.56. The predicted octanol–water partition coefficient (Wildman–Crippen LogP) is 2.38. The van der Waals surface area contributed by atoms with Crippen molar-refractivity contribution < 1.29 is 14.0 Å². The summed E-state index contributed by atoms with van der Waals surface area (Å²) >= 11 is 0. The topological polar surface area (TPSA) is 62.6 Å². The number of hydrogen-bond acceptors (Lipinski definition) is 3. The van der Waals surface area contributed by atoms with E-state index in [9.17, 15) is 9.59 Å². The van der Waals surface area contributed by atoms with Gasteiger partial charge in [-0.15, -0.1) is 0 Å². The Balaban J connectivity index is 1.29. The van der Waals surface area contributed by atoms with E-state index in [2.05, 4.69) is 5.32 Å². The molecule has 2 unspecified atom stereocenters. The van der Waals surface area contributed by atoms with Crippen molar-refractivity contribution in [1.82, 2.24) is 10.2 Å². The first kappa shape index (κ1) is 15.9. The maximum atomic E-state index is 12.5. The zero-order valence-corrected chi connectivity index (χ0v) is 14.1. The van der Waals surface area contributed by atoms with E-state index in [1.807, 2.05) is 47.4 Å². The van der Waals surface area contributed by atoms with Crippen molar-refractivity contribution in [3.05, 3.63) is 60.1 Å². The summed E-state index contributed by atoms with van der Waals surface area (Å²) in [5.74, 6) is 1.02.